The Morgan fingerprint density at radius 2 is 2.05 bits per heavy atom. The van der Waals surface area contributed by atoms with Crippen molar-refractivity contribution in [1.29, 1.82) is 0 Å². The summed E-state index contributed by atoms with van der Waals surface area (Å²) in [5.41, 5.74) is 6.18. The van der Waals surface area contributed by atoms with Gasteiger partial charge >= 0.3 is 0 Å². The molecule has 1 rings (SSSR count). The third kappa shape index (κ3) is 4.80. The molecule has 0 aliphatic heterocycles. The summed E-state index contributed by atoms with van der Waals surface area (Å²) in [6.07, 6.45) is 0.780. The fourth-order valence-electron chi connectivity index (χ4n) is 1.50. The SMILES string of the molecule is CCC(C)C(N)C(=O)Nc1ccccc1SC(F)F. The van der Waals surface area contributed by atoms with Crippen LogP contribution in [0.25, 0.3) is 0 Å². The van der Waals surface area contributed by atoms with Gasteiger partial charge in [-0.3, -0.25) is 4.79 Å². The molecule has 1 amide bonds. The maximum absolute atomic E-state index is 12.4. The summed E-state index contributed by atoms with van der Waals surface area (Å²) in [7, 11) is 0. The van der Waals surface area contributed by atoms with Crippen LogP contribution in [0.5, 0.6) is 0 Å². The Labute approximate surface area is 115 Å². The number of benzene rings is 1. The third-order valence-electron chi connectivity index (χ3n) is 2.92. The molecule has 2 unspecified atom stereocenters. The van der Waals surface area contributed by atoms with Gasteiger partial charge in [-0.1, -0.05) is 44.2 Å². The molecule has 3 N–H and O–H groups in total. The molecule has 0 aromatic heterocycles. The van der Waals surface area contributed by atoms with Gasteiger partial charge in [-0.25, -0.2) is 0 Å². The lowest BCUT2D eigenvalue weighted by Gasteiger charge is -2.18. The van der Waals surface area contributed by atoms with E-state index in [1.165, 1.54) is 0 Å². The summed E-state index contributed by atoms with van der Waals surface area (Å²) in [5.74, 6) is -2.84. The largest absolute Gasteiger partial charge is 0.324 e. The first kappa shape index (κ1) is 15.9. The zero-order chi connectivity index (χ0) is 14.4. The molecule has 3 nitrogen and oxygen atoms in total. The van der Waals surface area contributed by atoms with Crippen molar-refractivity contribution in [3.8, 4) is 0 Å². The number of anilines is 1. The number of thioether (sulfide) groups is 1. The van der Waals surface area contributed by atoms with Crippen LogP contribution in [0.4, 0.5) is 14.5 Å². The molecule has 0 aliphatic rings. The Bertz CT molecular complexity index is 429. The smallest absolute Gasteiger partial charge is 0.288 e. The van der Waals surface area contributed by atoms with Crippen LogP contribution in [0, 0.1) is 5.92 Å². The number of nitrogens with one attached hydrogen (secondary N) is 1. The molecule has 0 saturated heterocycles. The number of nitrogens with two attached hydrogens (primary N) is 1. The van der Waals surface area contributed by atoms with Crippen molar-refractivity contribution in [2.45, 2.75) is 37.0 Å². The Hall–Kier alpha value is -1.14. The van der Waals surface area contributed by atoms with E-state index in [9.17, 15) is 13.6 Å². The van der Waals surface area contributed by atoms with E-state index in [-0.39, 0.29) is 11.8 Å². The van der Waals surface area contributed by atoms with E-state index in [1.807, 2.05) is 13.8 Å². The van der Waals surface area contributed by atoms with Crippen molar-refractivity contribution in [2.24, 2.45) is 11.7 Å². The number of hydrogen-bond acceptors (Lipinski definition) is 3. The topological polar surface area (TPSA) is 55.1 Å². The van der Waals surface area contributed by atoms with E-state index in [2.05, 4.69) is 5.32 Å². The van der Waals surface area contributed by atoms with Crippen molar-refractivity contribution in [1.82, 2.24) is 0 Å². The van der Waals surface area contributed by atoms with E-state index < -0.39 is 11.8 Å². The second kappa shape index (κ2) is 7.45. The zero-order valence-corrected chi connectivity index (χ0v) is 11.7. The van der Waals surface area contributed by atoms with Gasteiger partial charge in [0.05, 0.1) is 11.7 Å². The summed E-state index contributed by atoms with van der Waals surface area (Å²) < 4.78 is 24.8. The minimum Gasteiger partial charge on any atom is -0.324 e. The summed E-state index contributed by atoms with van der Waals surface area (Å²) in [6.45, 7) is 3.82. The van der Waals surface area contributed by atoms with E-state index in [0.29, 0.717) is 22.3 Å². The number of alkyl halides is 2. The normalized spacial score (nSPS) is 14.2. The maximum Gasteiger partial charge on any atom is 0.288 e. The zero-order valence-electron chi connectivity index (χ0n) is 10.9. The minimum absolute atomic E-state index is 0.0370. The molecule has 106 valence electrons. The van der Waals surface area contributed by atoms with Crippen LogP contribution >= 0.6 is 11.8 Å². The predicted molar refractivity (Wildman–Crippen MR) is 74.4 cm³/mol. The van der Waals surface area contributed by atoms with Gasteiger partial charge in [0.2, 0.25) is 5.91 Å². The van der Waals surface area contributed by atoms with Gasteiger partial charge in [-0.05, 0) is 18.1 Å². The van der Waals surface area contributed by atoms with Crippen molar-refractivity contribution >= 4 is 23.4 Å². The Morgan fingerprint density at radius 1 is 1.42 bits per heavy atom. The third-order valence-corrected chi connectivity index (χ3v) is 3.71. The quantitative estimate of drug-likeness (QED) is 0.790. The lowest BCUT2D eigenvalue weighted by molar-refractivity contribution is -0.118. The molecule has 0 saturated carbocycles. The molecule has 6 heteroatoms. The van der Waals surface area contributed by atoms with Crippen molar-refractivity contribution in [3.05, 3.63) is 24.3 Å². The molecular weight excluding hydrogens is 270 g/mol. The average Bonchev–Trinajstić information content (AvgIpc) is 2.38. The highest BCUT2D eigenvalue weighted by molar-refractivity contribution is 7.99. The van der Waals surface area contributed by atoms with E-state index >= 15 is 0 Å². The minimum atomic E-state index is -2.53. The van der Waals surface area contributed by atoms with E-state index in [1.54, 1.807) is 24.3 Å². The first-order valence-corrected chi connectivity index (χ1v) is 6.94. The highest BCUT2D eigenvalue weighted by Gasteiger charge is 2.20. The van der Waals surface area contributed by atoms with E-state index in [4.69, 9.17) is 5.73 Å². The summed E-state index contributed by atoms with van der Waals surface area (Å²) in [5, 5.41) is 2.61. The van der Waals surface area contributed by atoms with Crippen LogP contribution in [-0.4, -0.2) is 17.7 Å². The highest BCUT2D eigenvalue weighted by Crippen LogP contribution is 2.31. The molecule has 0 bridgehead atoms. The molecule has 0 heterocycles. The second-order valence-corrected chi connectivity index (χ2v) is 5.31. The molecular formula is C13H18F2N2OS. The molecule has 1 aromatic rings. The average molecular weight is 288 g/mol. The number of amides is 1. The molecule has 0 spiro atoms. The lowest BCUT2D eigenvalue weighted by atomic mass is 9.99. The first-order valence-electron chi connectivity index (χ1n) is 6.06. The van der Waals surface area contributed by atoms with Crippen LogP contribution in [0.2, 0.25) is 0 Å². The maximum atomic E-state index is 12.4. The molecule has 1 aromatic carbocycles. The van der Waals surface area contributed by atoms with Gasteiger partial charge in [0, 0.05) is 4.90 Å². The number of hydrogen-bond donors (Lipinski definition) is 2. The lowest BCUT2D eigenvalue weighted by Crippen LogP contribution is -2.40. The fraction of sp³-hybridized carbons (Fsp3) is 0.462. The highest BCUT2D eigenvalue weighted by atomic mass is 32.2. The number of para-hydroxylation sites is 1. The summed E-state index contributed by atoms with van der Waals surface area (Å²) in [6, 6.07) is 5.82. The molecule has 0 aliphatic carbocycles. The molecule has 2 atom stereocenters. The number of halogens is 2. The Morgan fingerprint density at radius 3 is 2.63 bits per heavy atom. The summed E-state index contributed by atoms with van der Waals surface area (Å²) in [4.78, 5) is 12.3. The standard InChI is InChI=1S/C13H18F2N2OS/c1-3-8(2)11(16)12(18)17-9-6-4-5-7-10(9)19-13(14)15/h4-8,11,13H,3,16H2,1-2H3,(H,17,18). The van der Waals surface area contributed by atoms with Crippen molar-refractivity contribution in [2.75, 3.05) is 5.32 Å². The Balaban J connectivity index is 2.79. The number of carbonyl (C=O) groups excluding carboxylic acids is 1. The van der Waals surface area contributed by atoms with E-state index in [0.717, 1.165) is 6.42 Å². The van der Waals surface area contributed by atoms with Gasteiger partial charge in [-0.2, -0.15) is 8.78 Å². The number of rotatable bonds is 6. The van der Waals surface area contributed by atoms with Crippen LogP contribution in [-0.2, 0) is 4.79 Å². The van der Waals surface area contributed by atoms with Crippen molar-refractivity contribution in [3.63, 3.8) is 0 Å². The van der Waals surface area contributed by atoms with Gasteiger partial charge < -0.3 is 11.1 Å². The first-order chi connectivity index (χ1) is 8.95. The monoisotopic (exact) mass is 288 g/mol. The second-order valence-electron chi connectivity index (χ2n) is 4.28. The fourth-order valence-corrected chi connectivity index (χ4v) is 2.09. The van der Waals surface area contributed by atoms with Gasteiger partial charge in [0.1, 0.15) is 0 Å². The molecule has 0 radical (unpaired) electrons. The van der Waals surface area contributed by atoms with Crippen LogP contribution in [0.1, 0.15) is 20.3 Å². The van der Waals surface area contributed by atoms with Crippen LogP contribution in [0.3, 0.4) is 0 Å². The van der Waals surface area contributed by atoms with Crippen LogP contribution in [0.15, 0.2) is 29.2 Å². The molecule has 19 heavy (non-hydrogen) atoms. The molecule has 0 fully saturated rings. The predicted octanol–water partition coefficient (Wildman–Crippen LogP) is 3.31. The summed E-state index contributed by atoms with van der Waals surface area (Å²) >= 11 is 0.404. The van der Waals surface area contributed by atoms with Gasteiger partial charge in [0.15, 0.2) is 0 Å². The van der Waals surface area contributed by atoms with Gasteiger partial charge in [0.25, 0.3) is 5.76 Å². The van der Waals surface area contributed by atoms with Crippen molar-refractivity contribution < 1.29 is 13.6 Å². The number of carbonyl (C=O) groups is 1. The van der Waals surface area contributed by atoms with Crippen LogP contribution < -0.4 is 11.1 Å². The Kier molecular flexibility index (Phi) is 6.24. The van der Waals surface area contributed by atoms with Gasteiger partial charge in [-0.15, -0.1) is 0 Å².